The van der Waals surface area contributed by atoms with Gasteiger partial charge in [0.25, 0.3) is 11.1 Å². The molecule has 0 aliphatic carbocycles. The number of carbonyl (C=O) groups is 3. The first-order valence-corrected chi connectivity index (χ1v) is 12.7. The number of benzene rings is 3. The third-order valence-corrected chi connectivity index (χ3v) is 6.87. The largest absolute Gasteiger partial charge is 0.497 e. The Bertz CT molecular complexity index is 1390. The van der Waals surface area contributed by atoms with Crippen LogP contribution in [0, 0.1) is 0 Å². The summed E-state index contributed by atoms with van der Waals surface area (Å²) in [6.07, 6.45) is 1.54. The van der Waals surface area contributed by atoms with Gasteiger partial charge < -0.3 is 14.2 Å². The Balaban J connectivity index is 1.58. The van der Waals surface area contributed by atoms with E-state index in [-0.39, 0.29) is 34.6 Å². The van der Waals surface area contributed by atoms with Crippen LogP contribution in [0.4, 0.5) is 4.79 Å². The van der Waals surface area contributed by atoms with Crippen molar-refractivity contribution in [2.45, 2.75) is 13.5 Å². The van der Waals surface area contributed by atoms with Crippen molar-refractivity contribution < 1.29 is 28.6 Å². The minimum Gasteiger partial charge on any atom is -0.497 e. The van der Waals surface area contributed by atoms with Crippen LogP contribution in [0.2, 0.25) is 10.0 Å². The van der Waals surface area contributed by atoms with Crippen molar-refractivity contribution in [1.29, 1.82) is 0 Å². The lowest BCUT2D eigenvalue weighted by Gasteiger charge is -2.14. The summed E-state index contributed by atoms with van der Waals surface area (Å²) in [5.74, 6) is -0.199. The molecule has 4 rings (SSSR count). The third-order valence-electron chi connectivity index (χ3n) is 5.31. The van der Waals surface area contributed by atoms with Crippen molar-refractivity contribution in [1.82, 2.24) is 4.90 Å². The Labute approximate surface area is 227 Å². The molecule has 190 valence electrons. The summed E-state index contributed by atoms with van der Waals surface area (Å²) < 4.78 is 16.3. The fraction of sp³-hybridized carbons (Fsp3) is 0.148. The summed E-state index contributed by atoms with van der Waals surface area (Å²) in [6, 6.07) is 16.6. The molecular weight excluding hydrogens is 537 g/mol. The van der Waals surface area contributed by atoms with Crippen molar-refractivity contribution >= 4 is 58.2 Å². The quantitative estimate of drug-likeness (QED) is 0.170. The predicted octanol–water partition coefficient (Wildman–Crippen LogP) is 6.86. The van der Waals surface area contributed by atoms with Crippen LogP contribution < -0.4 is 14.2 Å². The van der Waals surface area contributed by atoms with E-state index in [2.05, 4.69) is 0 Å². The number of thioether (sulfide) groups is 1. The van der Waals surface area contributed by atoms with Gasteiger partial charge in [-0.05, 0) is 78.4 Å². The number of amides is 2. The molecule has 0 aromatic heterocycles. The molecule has 1 aliphatic heterocycles. The Morgan fingerprint density at radius 3 is 2.43 bits per heavy atom. The van der Waals surface area contributed by atoms with Gasteiger partial charge in [0.15, 0.2) is 11.5 Å². The average Bonchev–Trinajstić information content (AvgIpc) is 3.14. The maximum Gasteiger partial charge on any atom is 0.343 e. The molecule has 3 aromatic rings. The van der Waals surface area contributed by atoms with Crippen molar-refractivity contribution in [2.24, 2.45) is 0 Å². The summed E-state index contributed by atoms with van der Waals surface area (Å²) in [5, 5.41) is 0.171. The molecule has 1 fully saturated rings. The molecule has 0 saturated carbocycles. The number of esters is 1. The van der Waals surface area contributed by atoms with Gasteiger partial charge in [-0.2, -0.15) is 0 Å². The van der Waals surface area contributed by atoms with Crippen LogP contribution in [0.5, 0.6) is 17.2 Å². The van der Waals surface area contributed by atoms with E-state index < -0.39 is 17.1 Å². The molecule has 3 aromatic carbocycles. The second-order valence-electron chi connectivity index (χ2n) is 7.74. The predicted molar refractivity (Wildman–Crippen MR) is 144 cm³/mol. The van der Waals surface area contributed by atoms with Gasteiger partial charge in [0, 0.05) is 5.02 Å². The van der Waals surface area contributed by atoms with Crippen molar-refractivity contribution in [3.8, 4) is 17.2 Å². The number of nitrogens with zero attached hydrogens (tertiary/aromatic N) is 1. The summed E-state index contributed by atoms with van der Waals surface area (Å²) >= 11 is 13.5. The van der Waals surface area contributed by atoms with E-state index in [1.165, 1.54) is 13.2 Å². The molecule has 1 heterocycles. The molecule has 1 aliphatic rings. The highest BCUT2D eigenvalue weighted by molar-refractivity contribution is 8.18. The number of ether oxygens (including phenoxy) is 3. The number of hydrogen-bond donors (Lipinski definition) is 0. The fourth-order valence-electron chi connectivity index (χ4n) is 3.50. The van der Waals surface area contributed by atoms with Gasteiger partial charge in [0.05, 0.1) is 35.8 Å². The van der Waals surface area contributed by atoms with Gasteiger partial charge in [0.1, 0.15) is 5.75 Å². The molecule has 10 heteroatoms. The summed E-state index contributed by atoms with van der Waals surface area (Å²) in [6.45, 7) is 2.11. The van der Waals surface area contributed by atoms with E-state index in [1.54, 1.807) is 67.6 Å². The van der Waals surface area contributed by atoms with Gasteiger partial charge in [-0.3, -0.25) is 14.5 Å². The van der Waals surface area contributed by atoms with E-state index in [9.17, 15) is 14.4 Å². The number of imide groups is 1. The highest BCUT2D eigenvalue weighted by atomic mass is 35.5. The minimum absolute atomic E-state index is 0.0494. The Hall–Kier alpha value is -3.46. The first-order chi connectivity index (χ1) is 17.8. The Kier molecular flexibility index (Phi) is 8.43. The summed E-state index contributed by atoms with van der Waals surface area (Å²) in [5.41, 5.74) is 1.47. The summed E-state index contributed by atoms with van der Waals surface area (Å²) in [4.78, 5) is 39.6. The van der Waals surface area contributed by atoms with E-state index in [0.717, 1.165) is 16.7 Å². The lowest BCUT2D eigenvalue weighted by atomic mass is 10.1. The van der Waals surface area contributed by atoms with Gasteiger partial charge in [-0.15, -0.1) is 0 Å². The molecule has 1 saturated heterocycles. The molecule has 0 atom stereocenters. The van der Waals surface area contributed by atoms with Gasteiger partial charge in [-0.25, -0.2) is 4.79 Å². The van der Waals surface area contributed by atoms with E-state index >= 15 is 0 Å². The average molecular weight is 558 g/mol. The van der Waals surface area contributed by atoms with Gasteiger partial charge in [0.2, 0.25) is 0 Å². The molecule has 0 radical (unpaired) electrons. The monoisotopic (exact) mass is 557 g/mol. The van der Waals surface area contributed by atoms with Gasteiger partial charge in [-0.1, -0.05) is 41.4 Å². The zero-order valence-electron chi connectivity index (χ0n) is 19.8. The molecule has 37 heavy (non-hydrogen) atoms. The standard InChI is InChI=1S/C27H21Cl2NO6S/c1-3-35-22-13-16(12-21(29)24(22)36-26(32)17-8-10-19(34-2)11-9-17)14-23-25(31)30(27(33)37-23)15-18-6-4-5-7-20(18)28/h4-14H,3,15H2,1-2H3/b23-14-. The molecule has 2 amide bonds. The highest BCUT2D eigenvalue weighted by Crippen LogP contribution is 2.40. The SMILES string of the molecule is CCOc1cc(/C=C2\SC(=O)N(Cc3ccccc3Cl)C2=O)cc(Cl)c1OC(=O)c1ccc(OC)cc1. The van der Waals surface area contributed by atoms with Crippen LogP contribution in [0.1, 0.15) is 28.4 Å². The smallest absolute Gasteiger partial charge is 0.343 e. The van der Waals surface area contributed by atoms with Crippen LogP contribution in [0.25, 0.3) is 6.08 Å². The number of methoxy groups -OCH3 is 1. The first-order valence-electron chi connectivity index (χ1n) is 11.1. The van der Waals surface area contributed by atoms with E-state index in [4.69, 9.17) is 37.4 Å². The molecule has 7 nitrogen and oxygen atoms in total. The molecule has 0 bridgehead atoms. The molecule has 0 unspecified atom stereocenters. The maximum absolute atomic E-state index is 13.0. The Morgan fingerprint density at radius 2 is 1.76 bits per heavy atom. The second-order valence-corrected chi connectivity index (χ2v) is 9.55. The minimum atomic E-state index is -0.626. The lowest BCUT2D eigenvalue weighted by Crippen LogP contribution is -2.27. The van der Waals surface area contributed by atoms with Crippen molar-refractivity contribution in [2.75, 3.05) is 13.7 Å². The number of halogens is 2. The molecule has 0 spiro atoms. The molecule has 0 N–H and O–H groups in total. The summed E-state index contributed by atoms with van der Waals surface area (Å²) in [7, 11) is 1.53. The van der Waals surface area contributed by atoms with Crippen LogP contribution in [0.15, 0.2) is 65.6 Å². The Morgan fingerprint density at radius 1 is 1.03 bits per heavy atom. The zero-order valence-corrected chi connectivity index (χ0v) is 22.2. The number of carbonyl (C=O) groups excluding carboxylic acids is 3. The van der Waals surface area contributed by atoms with Crippen LogP contribution in [0.3, 0.4) is 0 Å². The highest BCUT2D eigenvalue weighted by Gasteiger charge is 2.35. The van der Waals surface area contributed by atoms with Gasteiger partial charge >= 0.3 is 5.97 Å². The molecular formula is C27H21Cl2NO6S. The van der Waals surface area contributed by atoms with Crippen LogP contribution in [-0.2, 0) is 11.3 Å². The normalized spacial score (nSPS) is 14.3. The maximum atomic E-state index is 13.0. The van der Waals surface area contributed by atoms with E-state index in [0.29, 0.717) is 27.5 Å². The number of rotatable bonds is 8. The lowest BCUT2D eigenvalue weighted by molar-refractivity contribution is -0.123. The van der Waals surface area contributed by atoms with Crippen molar-refractivity contribution in [3.05, 3.63) is 92.3 Å². The topological polar surface area (TPSA) is 82.1 Å². The van der Waals surface area contributed by atoms with Crippen molar-refractivity contribution in [3.63, 3.8) is 0 Å². The zero-order chi connectivity index (χ0) is 26.5. The third kappa shape index (κ3) is 6.10. The number of hydrogen-bond acceptors (Lipinski definition) is 7. The first kappa shape index (κ1) is 26.6. The van der Waals surface area contributed by atoms with Crippen LogP contribution >= 0.6 is 35.0 Å². The fourth-order valence-corrected chi connectivity index (χ4v) is 4.79. The van der Waals surface area contributed by atoms with Crippen LogP contribution in [-0.4, -0.2) is 35.7 Å². The second kappa shape index (κ2) is 11.7. The van der Waals surface area contributed by atoms with E-state index in [1.807, 2.05) is 0 Å².